The molecular weight excluding hydrogens is 553 g/mol. The first-order valence-electron chi connectivity index (χ1n) is 15.5. The Labute approximate surface area is 264 Å². The van der Waals surface area contributed by atoms with Gasteiger partial charge in [-0.2, -0.15) is 0 Å². The van der Waals surface area contributed by atoms with Crippen molar-refractivity contribution >= 4 is 62.4 Å². The number of anilines is 3. The molecule has 0 N–H and O–H groups in total. The van der Waals surface area contributed by atoms with E-state index in [1.54, 1.807) is 0 Å². The summed E-state index contributed by atoms with van der Waals surface area (Å²) in [6.07, 6.45) is 0. The molecular formula is C40H34BNO3. The molecule has 45 heavy (non-hydrogen) atoms. The van der Waals surface area contributed by atoms with E-state index in [1.807, 2.05) is 18.2 Å². The van der Waals surface area contributed by atoms with Gasteiger partial charge in [-0.1, -0.05) is 84.9 Å². The van der Waals surface area contributed by atoms with Gasteiger partial charge in [0.2, 0.25) is 0 Å². The molecule has 1 saturated heterocycles. The van der Waals surface area contributed by atoms with Crippen LogP contribution in [0.25, 0.3) is 43.8 Å². The van der Waals surface area contributed by atoms with Crippen LogP contribution in [0.2, 0.25) is 0 Å². The summed E-state index contributed by atoms with van der Waals surface area (Å²) in [6.45, 7) is 8.35. The van der Waals surface area contributed by atoms with Crippen molar-refractivity contribution in [3.05, 3.63) is 133 Å². The highest BCUT2D eigenvalue weighted by Gasteiger charge is 2.52. The monoisotopic (exact) mass is 587 g/mol. The molecule has 0 radical (unpaired) electrons. The van der Waals surface area contributed by atoms with Gasteiger partial charge in [-0.25, -0.2) is 0 Å². The summed E-state index contributed by atoms with van der Waals surface area (Å²) in [5.74, 6) is 0. The predicted octanol–water partition coefficient (Wildman–Crippen LogP) is 10.2. The third kappa shape index (κ3) is 4.71. The quantitative estimate of drug-likeness (QED) is 0.188. The maximum Gasteiger partial charge on any atom is 0.495 e. The van der Waals surface area contributed by atoms with Gasteiger partial charge < -0.3 is 18.6 Å². The van der Waals surface area contributed by atoms with Crippen molar-refractivity contribution < 1.29 is 13.7 Å². The maximum absolute atomic E-state index is 6.51. The second kappa shape index (κ2) is 10.4. The molecule has 0 bridgehead atoms. The molecule has 0 unspecified atom stereocenters. The van der Waals surface area contributed by atoms with Crippen molar-refractivity contribution in [2.75, 3.05) is 4.90 Å². The number of hydrogen-bond donors (Lipinski definition) is 0. The molecule has 1 aliphatic rings. The van der Waals surface area contributed by atoms with E-state index in [-0.39, 0.29) is 0 Å². The van der Waals surface area contributed by atoms with Crippen LogP contribution in [0.4, 0.5) is 17.1 Å². The number of rotatable bonds is 5. The lowest BCUT2D eigenvalue weighted by Gasteiger charge is -2.32. The second-order valence-corrected chi connectivity index (χ2v) is 12.9. The Kier molecular flexibility index (Phi) is 6.38. The first kappa shape index (κ1) is 27.7. The van der Waals surface area contributed by atoms with Gasteiger partial charge in [0, 0.05) is 27.8 Å². The van der Waals surface area contributed by atoms with Gasteiger partial charge in [0.25, 0.3) is 0 Å². The molecule has 0 amide bonds. The minimum Gasteiger partial charge on any atom is -0.456 e. The number of benzene rings is 6. The standard InChI is InChI=1S/C40H34BNO3/c1-39(2)40(3,4)45-41(44-39)35-15-10-16-37-38(35)34-26-33(23-24-36(34)43-37)42(32-22-19-28-13-8-9-14-30(28)25-32)31-20-17-29(18-21-31)27-11-6-5-7-12-27/h5-26H,1-4H3. The van der Waals surface area contributed by atoms with Crippen LogP contribution in [0.1, 0.15) is 27.7 Å². The maximum atomic E-state index is 6.51. The first-order chi connectivity index (χ1) is 21.8. The molecule has 1 aromatic heterocycles. The van der Waals surface area contributed by atoms with Crippen molar-refractivity contribution in [3.8, 4) is 11.1 Å². The van der Waals surface area contributed by atoms with E-state index in [1.165, 1.54) is 21.9 Å². The van der Waals surface area contributed by atoms with Gasteiger partial charge in [-0.05, 0) is 104 Å². The van der Waals surface area contributed by atoms with Gasteiger partial charge in [-0.15, -0.1) is 0 Å². The lowest BCUT2D eigenvalue weighted by atomic mass is 9.76. The average Bonchev–Trinajstić information content (AvgIpc) is 3.53. The van der Waals surface area contributed by atoms with Gasteiger partial charge in [0.15, 0.2) is 0 Å². The molecule has 1 aliphatic heterocycles. The molecule has 220 valence electrons. The molecule has 7 aromatic rings. The largest absolute Gasteiger partial charge is 0.495 e. The molecule has 5 heteroatoms. The van der Waals surface area contributed by atoms with Gasteiger partial charge in [0.1, 0.15) is 11.2 Å². The Morgan fingerprint density at radius 1 is 0.511 bits per heavy atom. The second-order valence-electron chi connectivity index (χ2n) is 12.9. The van der Waals surface area contributed by atoms with E-state index in [4.69, 9.17) is 13.7 Å². The Morgan fingerprint density at radius 2 is 1.13 bits per heavy atom. The van der Waals surface area contributed by atoms with Crippen LogP contribution in [0, 0.1) is 0 Å². The molecule has 0 saturated carbocycles. The van der Waals surface area contributed by atoms with Crippen molar-refractivity contribution in [3.63, 3.8) is 0 Å². The van der Waals surface area contributed by atoms with Crippen LogP contribution >= 0.6 is 0 Å². The first-order valence-corrected chi connectivity index (χ1v) is 15.5. The zero-order chi connectivity index (χ0) is 30.8. The fraction of sp³-hybridized carbons (Fsp3) is 0.150. The fourth-order valence-corrected chi connectivity index (χ4v) is 6.34. The molecule has 6 aromatic carbocycles. The molecule has 0 atom stereocenters. The van der Waals surface area contributed by atoms with Gasteiger partial charge in [0.05, 0.1) is 11.2 Å². The highest BCUT2D eigenvalue weighted by molar-refractivity contribution is 6.66. The van der Waals surface area contributed by atoms with E-state index >= 15 is 0 Å². The van der Waals surface area contributed by atoms with Crippen molar-refractivity contribution in [2.24, 2.45) is 0 Å². The summed E-state index contributed by atoms with van der Waals surface area (Å²) < 4.78 is 19.4. The Hall–Kier alpha value is -4.84. The summed E-state index contributed by atoms with van der Waals surface area (Å²) >= 11 is 0. The van der Waals surface area contributed by atoms with E-state index in [2.05, 4.69) is 148 Å². The van der Waals surface area contributed by atoms with E-state index in [0.29, 0.717) is 0 Å². The third-order valence-electron chi connectivity index (χ3n) is 9.50. The zero-order valence-electron chi connectivity index (χ0n) is 26.0. The highest BCUT2D eigenvalue weighted by atomic mass is 16.7. The summed E-state index contributed by atoms with van der Waals surface area (Å²) in [7, 11) is -0.495. The minimum atomic E-state index is -0.495. The van der Waals surface area contributed by atoms with Gasteiger partial charge in [-0.3, -0.25) is 0 Å². The molecule has 0 aliphatic carbocycles. The summed E-state index contributed by atoms with van der Waals surface area (Å²) in [6, 6.07) is 47.0. The van der Waals surface area contributed by atoms with Crippen LogP contribution in [-0.4, -0.2) is 18.3 Å². The van der Waals surface area contributed by atoms with E-state index < -0.39 is 18.3 Å². The van der Waals surface area contributed by atoms with Gasteiger partial charge >= 0.3 is 7.12 Å². The van der Waals surface area contributed by atoms with Crippen LogP contribution in [0.3, 0.4) is 0 Å². The molecule has 2 heterocycles. The number of nitrogens with zero attached hydrogens (tertiary/aromatic N) is 1. The third-order valence-corrected chi connectivity index (χ3v) is 9.50. The summed E-state index contributed by atoms with van der Waals surface area (Å²) in [4.78, 5) is 2.32. The Balaban J connectivity index is 1.29. The fourth-order valence-electron chi connectivity index (χ4n) is 6.34. The summed E-state index contributed by atoms with van der Waals surface area (Å²) in [5, 5.41) is 4.45. The molecule has 0 spiro atoms. The average molecular weight is 588 g/mol. The molecule has 1 fully saturated rings. The van der Waals surface area contributed by atoms with E-state index in [0.717, 1.165) is 44.5 Å². The molecule has 4 nitrogen and oxygen atoms in total. The Bertz CT molecular complexity index is 2170. The zero-order valence-corrected chi connectivity index (χ0v) is 26.0. The number of hydrogen-bond acceptors (Lipinski definition) is 4. The van der Waals surface area contributed by atoms with Crippen LogP contribution < -0.4 is 10.4 Å². The number of fused-ring (bicyclic) bond motifs is 4. The number of furan rings is 1. The smallest absolute Gasteiger partial charge is 0.456 e. The van der Waals surface area contributed by atoms with Crippen molar-refractivity contribution in [1.82, 2.24) is 0 Å². The highest BCUT2D eigenvalue weighted by Crippen LogP contribution is 2.41. The van der Waals surface area contributed by atoms with E-state index in [9.17, 15) is 0 Å². The Morgan fingerprint density at radius 3 is 1.89 bits per heavy atom. The lowest BCUT2D eigenvalue weighted by Crippen LogP contribution is -2.41. The minimum absolute atomic E-state index is 0.441. The predicted molar refractivity (Wildman–Crippen MR) is 187 cm³/mol. The van der Waals surface area contributed by atoms with Crippen LogP contribution in [-0.2, 0) is 9.31 Å². The topological polar surface area (TPSA) is 34.8 Å². The normalized spacial score (nSPS) is 15.7. The summed E-state index contributed by atoms with van der Waals surface area (Å²) in [5.41, 5.74) is 7.32. The van der Waals surface area contributed by atoms with Crippen LogP contribution in [0.5, 0.6) is 0 Å². The molecule has 8 rings (SSSR count). The van der Waals surface area contributed by atoms with Crippen molar-refractivity contribution in [2.45, 2.75) is 38.9 Å². The SMILES string of the molecule is CC1(C)OB(c2cccc3oc4ccc(N(c5ccc(-c6ccccc6)cc5)c5ccc6ccccc6c5)cc4c23)OC1(C)C. The van der Waals surface area contributed by atoms with Crippen LogP contribution in [0.15, 0.2) is 138 Å². The lowest BCUT2D eigenvalue weighted by molar-refractivity contribution is 0.00578. The van der Waals surface area contributed by atoms with Crippen molar-refractivity contribution in [1.29, 1.82) is 0 Å².